The number of nitrogens with one attached hydrogen (secondary N) is 1. The average Bonchev–Trinajstić information content (AvgIpc) is 3.78. The highest BCUT2D eigenvalue weighted by molar-refractivity contribution is 5.95. The van der Waals surface area contributed by atoms with Gasteiger partial charge >= 0.3 is 0 Å². The maximum atomic E-state index is 13.9. The molecule has 2 aromatic heterocycles. The van der Waals surface area contributed by atoms with Crippen molar-refractivity contribution in [2.45, 2.75) is 51.5 Å². The van der Waals surface area contributed by atoms with Gasteiger partial charge in [-0.3, -0.25) is 9.59 Å². The number of carbonyl (C=O) groups is 2. The van der Waals surface area contributed by atoms with Crippen LogP contribution in [0.15, 0.2) is 65.1 Å². The topological polar surface area (TPSA) is 83.6 Å². The van der Waals surface area contributed by atoms with Crippen LogP contribution in [0.2, 0.25) is 0 Å². The molecule has 2 aromatic carbocycles. The molecule has 3 heterocycles. The molecule has 1 aliphatic carbocycles. The molecule has 0 atom stereocenters. The second-order valence-electron chi connectivity index (χ2n) is 11.4. The van der Waals surface area contributed by atoms with E-state index in [1.807, 2.05) is 60.5 Å². The number of aromatic nitrogens is 2. The van der Waals surface area contributed by atoms with Crippen LogP contribution in [-0.2, 0) is 18.4 Å². The number of likely N-dealkylation sites (tertiary alicyclic amines) is 1. The third kappa shape index (κ3) is 6.07. The number of imidazole rings is 1. The maximum Gasteiger partial charge on any atom is 0.287 e. The molecule has 0 spiro atoms. The van der Waals surface area contributed by atoms with Gasteiger partial charge in [0.15, 0.2) is 5.76 Å². The van der Waals surface area contributed by atoms with E-state index in [1.165, 1.54) is 19.3 Å². The molecule has 1 saturated carbocycles. The van der Waals surface area contributed by atoms with Crippen molar-refractivity contribution in [3.05, 3.63) is 72.2 Å². The number of hydrogen-bond donors (Lipinski definition) is 1. The normalized spacial score (nSPS) is 16.3. The molecule has 8 nitrogen and oxygen atoms in total. The first-order chi connectivity index (χ1) is 20.1. The van der Waals surface area contributed by atoms with E-state index in [2.05, 4.69) is 20.9 Å². The smallest absolute Gasteiger partial charge is 0.287 e. The summed E-state index contributed by atoms with van der Waals surface area (Å²) in [5, 5.41) is 2.97. The highest BCUT2D eigenvalue weighted by Gasteiger charge is 2.28. The number of benzene rings is 2. The predicted octanol–water partition coefficient (Wildman–Crippen LogP) is 5.77. The molecule has 214 valence electrons. The highest BCUT2D eigenvalue weighted by atomic mass is 16.3. The summed E-state index contributed by atoms with van der Waals surface area (Å²) in [4.78, 5) is 35.6. The van der Waals surface area contributed by atoms with Crippen molar-refractivity contribution in [2.24, 2.45) is 13.0 Å². The predicted molar refractivity (Wildman–Crippen MR) is 161 cm³/mol. The van der Waals surface area contributed by atoms with Crippen LogP contribution < -0.4 is 10.2 Å². The number of amides is 2. The SMILES string of the molecule is Cn1c(CN(C(=O)C2CCCCC2)c2ccc(-c3ccc(C(=O)NCCN4CCCC4)o3)cc2)nc2ccccc21. The fraction of sp³-hybridized carbons (Fsp3) is 0.424. The molecule has 0 radical (unpaired) electrons. The average molecular weight is 554 g/mol. The Bertz CT molecular complexity index is 1490. The van der Waals surface area contributed by atoms with Gasteiger partial charge in [-0.05, 0) is 87.3 Å². The summed E-state index contributed by atoms with van der Waals surface area (Å²) in [6.45, 7) is 4.10. The highest BCUT2D eigenvalue weighted by Crippen LogP contribution is 2.31. The second-order valence-corrected chi connectivity index (χ2v) is 11.4. The standard InChI is InChI=1S/C33H39N5O3/c1-36-28-12-6-5-11-27(28)35-31(36)23-38(33(40)25-9-3-2-4-10-25)26-15-13-24(14-16-26)29-17-18-30(41-29)32(39)34-19-22-37-20-7-8-21-37/h5-6,11-18,25H,2-4,7-10,19-23H2,1H3,(H,34,39). The van der Waals surface area contributed by atoms with Crippen molar-refractivity contribution in [1.82, 2.24) is 19.8 Å². The minimum atomic E-state index is -0.196. The van der Waals surface area contributed by atoms with Crippen LogP contribution in [0.4, 0.5) is 5.69 Å². The van der Waals surface area contributed by atoms with Crippen LogP contribution in [0, 0.1) is 5.92 Å². The number of para-hydroxylation sites is 2. The van der Waals surface area contributed by atoms with E-state index in [1.54, 1.807) is 6.07 Å². The minimum Gasteiger partial charge on any atom is -0.451 e. The van der Waals surface area contributed by atoms with Crippen LogP contribution in [-0.4, -0.2) is 52.4 Å². The van der Waals surface area contributed by atoms with E-state index in [0.717, 1.165) is 73.4 Å². The molecule has 2 fully saturated rings. The van der Waals surface area contributed by atoms with E-state index in [9.17, 15) is 9.59 Å². The van der Waals surface area contributed by atoms with E-state index in [0.29, 0.717) is 24.6 Å². The van der Waals surface area contributed by atoms with Crippen LogP contribution in [0.3, 0.4) is 0 Å². The van der Waals surface area contributed by atoms with Gasteiger partial charge in [0.25, 0.3) is 5.91 Å². The number of carbonyl (C=O) groups excluding carboxylic acids is 2. The van der Waals surface area contributed by atoms with Crippen molar-refractivity contribution in [1.29, 1.82) is 0 Å². The van der Waals surface area contributed by atoms with Crippen LogP contribution >= 0.6 is 0 Å². The van der Waals surface area contributed by atoms with Crippen LogP contribution in [0.1, 0.15) is 61.3 Å². The molecular formula is C33H39N5O3. The van der Waals surface area contributed by atoms with Gasteiger partial charge in [0.1, 0.15) is 11.6 Å². The Morgan fingerprint density at radius 2 is 1.71 bits per heavy atom. The lowest BCUT2D eigenvalue weighted by atomic mass is 9.88. The summed E-state index contributed by atoms with van der Waals surface area (Å²) in [5.41, 5.74) is 3.68. The van der Waals surface area contributed by atoms with E-state index < -0.39 is 0 Å². The molecule has 8 heteroatoms. The Morgan fingerprint density at radius 1 is 0.951 bits per heavy atom. The fourth-order valence-corrected chi connectivity index (χ4v) is 6.19. The maximum absolute atomic E-state index is 13.9. The Morgan fingerprint density at radius 3 is 2.46 bits per heavy atom. The number of aryl methyl sites for hydroxylation is 1. The van der Waals surface area contributed by atoms with Gasteiger partial charge in [-0.25, -0.2) is 4.98 Å². The monoisotopic (exact) mass is 553 g/mol. The number of fused-ring (bicyclic) bond motifs is 1. The number of nitrogens with zero attached hydrogens (tertiary/aromatic N) is 4. The minimum absolute atomic E-state index is 0.0368. The Hall–Kier alpha value is -3.91. The second kappa shape index (κ2) is 12.3. The van der Waals surface area contributed by atoms with Crippen molar-refractivity contribution in [2.75, 3.05) is 31.1 Å². The first-order valence-corrected chi connectivity index (χ1v) is 15.0. The summed E-state index contributed by atoms with van der Waals surface area (Å²) in [5.74, 6) is 1.79. The van der Waals surface area contributed by atoms with E-state index in [4.69, 9.17) is 9.40 Å². The number of rotatable bonds is 9. The number of furan rings is 1. The Balaban J connectivity index is 1.18. The van der Waals surface area contributed by atoms with Crippen molar-refractivity contribution < 1.29 is 14.0 Å². The van der Waals surface area contributed by atoms with Crippen molar-refractivity contribution >= 4 is 28.5 Å². The van der Waals surface area contributed by atoms with Crippen LogP contribution in [0.5, 0.6) is 0 Å². The molecule has 1 N–H and O–H groups in total. The molecule has 1 aliphatic heterocycles. The zero-order chi connectivity index (χ0) is 28.2. The van der Waals surface area contributed by atoms with Gasteiger partial charge in [-0.2, -0.15) is 0 Å². The summed E-state index contributed by atoms with van der Waals surface area (Å²) < 4.78 is 8.00. The largest absolute Gasteiger partial charge is 0.451 e. The van der Waals surface area contributed by atoms with Crippen LogP contribution in [0.25, 0.3) is 22.4 Å². The van der Waals surface area contributed by atoms with Gasteiger partial charge in [-0.1, -0.05) is 31.4 Å². The van der Waals surface area contributed by atoms with Gasteiger partial charge < -0.3 is 24.1 Å². The van der Waals surface area contributed by atoms with Gasteiger partial charge in [0.2, 0.25) is 5.91 Å². The zero-order valence-electron chi connectivity index (χ0n) is 23.8. The summed E-state index contributed by atoms with van der Waals surface area (Å²) in [6.07, 6.45) is 7.74. The molecule has 2 amide bonds. The molecule has 0 bridgehead atoms. The summed E-state index contributed by atoms with van der Waals surface area (Å²) in [7, 11) is 2.01. The van der Waals surface area contributed by atoms with Crippen molar-refractivity contribution in [3.63, 3.8) is 0 Å². The quantitative estimate of drug-likeness (QED) is 0.284. The molecule has 41 heavy (non-hydrogen) atoms. The Labute approximate surface area is 241 Å². The van der Waals surface area contributed by atoms with Gasteiger partial charge in [0.05, 0.1) is 17.6 Å². The fourth-order valence-electron chi connectivity index (χ4n) is 6.19. The third-order valence-corrected chi connectivity index (χ3v) is 8.61. The molecule has 1 saturated heterocycles. The van der Waals surface area contributed by atoms with E-state index >= 15 is 0 Å². The molecule has 2 aliphatic rings. The lowest BCUT2D eigenvalue weighted by Crippen LogP contribution is -2.37. The molecule has 6 rings (SSSR count). The van der Waals surface area contributed by atoms with Gasteiger partial charge in [-0.15, -0.1) is 0 Å². The third-order valence-electron chi connectivity index (χ3n) is 8.61. The summed E-state index contributed by atoms with van der Waals surface area (Å²) >= 11 is 0. The Kier molecular flexibility index (Phi) is 8.19. The number of anilines is 1. The molecular weight excluding hydrogens is 514 g/mol. The lowest BCUT2D eigenvalue weighted by molar-refractivity contribution is -0.123. The van der Waals surface area contributed by atoms with E-state index in [-0.39, 0.29) is 17.7 Å². The van der Waals surface area contributed by atoms with Gasteiger partial charge in [0, 0.05) is 37.3 Å². The molecule has 0 unspecified atom stereocenters. The lowest BCUT2D eigenvalue weighted by Gasteiger charge is -2.29. The summed E-state index contributed by atoms with van der Waals surface area (Å²) in [6, 6.07) is 19.5. The molecule has 4 aromatic rings. The number of hydrogen-bond acceptors (Lipinski definition) is 5. The first-order valence-electron chi connectivity index (χ1n) is 15.0. The van der Waals surface area contributed by atoms with Crippen molar-refractivity contribution in [3.8, 4) is 11.3 Å². The zero-order valence-corrected chi connectivity index (χ0v) is 23.8. The first kappa shape index (κ1) is 27.3.